The van der Waals surface area contributed by atoms with Gasteiger partial charge in [-0.05, 0) is 61.4 Å². The maximum atomic E-state index is 13.5. The van der Waals surface area contributed by atoms with E-state index in [9.17, 15) is 14.4 Å². The predicted octanol–water partition coefficient (Wildman–Crippen LogP) is 6.12. The Morgan fingerprint density at radius 1 is 1.00 bits per heavy atom. The second-order valence-electron chi connectivity index (χ2n) is 9.67. The molecule has 1 aliphatic carbocycles. The molecule has 1 aliphatic heterocycles. The summed E-state index contributed by atoms with van der Waals surface area (Å²) in [5.41, 5.74) is 1.74. The van der Waals surface area contributed by atoms with E-state index in [1.54, 1.807) is 17.2 Å². The van der Waals surface area contributed by atoms with Crippen molar-refractivity contribution in [2.45, 2.75) is 37.8 Å². The van der Waals surface area contributed by atoms with E-state index >= 15 is 0 Å². The number of amides is 4. The van der Waals surface area contributed by atoms with Crippen LogP contribution in [0, 0.1) is 0 Å². The lowest BCUT2D eigenvalue weighted by Gasteiger charge is -2.32. The molecule has 3 N–H and O–H groups in total. The molecule has 3 heterocycles. The third-order valence-electron chi connectivity index (χ3n) is 7.12. The zero-order valence-corrected chi connectivity index (χ0v) is 22.4. The second-order valence-corrected chi connectivity index (χ2v) is 10.7. The summed E-state index contributed by atoms with van der Waals surface area (Å²) in [7, 11) is 0. The van der Waals surface area contributed by atoms with Crippen LogP contribution < -0.4 is 25.6 Å². The number of carbonyl (C=O) groups excluding carboxylic acids is 3. The van der Waals surface area contributed by atoms with Gasteiger partial charge in [0.15, 0.2) is 0 Å². The number of hydrogen-bond donors (Lipinski definition) is 3. The minimum atomic E-state index is -0.377. The Balaban J connectivity index is 1.27. The van der Waals surface area contributed by atoms with E-state index in [2.05, 4.69) is 27.5 Å². The van der Waals surface area contributed by atoms with Crippen LogP contribution in [0.5, 0.6) is 11.5 Å². The highest BCUT2D eigenvalue weighted by atomic mass is 32.1. The first kappa shape index (κ1) is 25.6. The van der Waals surface area contributed by atoms with Crippen molar-refractivity contribution in [2.24, 2.45) is 0 Å². The molecule has 0 saturated heterocycles. The molecular formula is C30H27N5O4S. The Morgan fingerprint density at radius 3 is 2.42 bits per heavy atom. The number of anilines is 3. The van der Waals surface area contributed by atoms with Crippen LogP contribution in [0.2, 0.25) is 0 Å². The first-order chi connectivity index (χ1) is 19.5. The van der Waals surface area contributed by atoms with Crippen molar-refractivity contribution in [2.75, 3.05) is 10.2 Å². The lowest BCUT2D eigenvalue weighted by Crippen LogP contribution is -2.52. The molecule has 40 heavy (non-hydrogen) atoms. The Kier molecular flexibility index (Phi) is 6.91. The van der Waals surface area contributed by atoms with E-state index in [0.717, 1.165) is 31.4 Å². The average molecular weight is 554 g/mol. The van der Waals surface area contributed by atoms with Gasteiger partial charge in [0.2, 0.25) is 5.91 Å². The zero-order valence-electron chi connectivity index (χ0n) is 21.6. The van der Waals surface area contributed by atoms with Crippen molar-refractivity contribution in [1.29, 1.82) is 0 Å². The van der Waals surface area contributed by atoms with Crippen LogP contribution >= 0.6 is 11.3 Å². The number of aromatic nitrogens is 1. The predicted molar refractivity (Wildman–Crippen MR) is 156 cm³/mol. The number of nitrogens with zero attached hydrogens (tertiary/aromatic N) is 2. The molecule has 2 aromatic heterocycles. The Bertz CT molecular complexity index is 1600. The number of hydrogen-bond acceptors (Lipinski definition) is 6. The van der Waals surface area contributed by atoms with Gasteiger partial charge in [-0.3, -0.25) is 14.5 Å². The summed E-state index contributed by atoms with van der Waals surface area (Å²) in [6, 6.07) is 17.7. The summed E-state index contributed by atoms with van der Waals surface area (Å²) in [4.78, 5) is 45.9. The fraction of sp³-hybridized carbons (Fsp3) is 0.200. The smallest absolute Gasteiger partial charge is 0.331 e. The second kappa shape index (κ2) is 10.8. The minimum absolute atomic E-state index is 0.179. The molecule has 202 valence electrons. The SMILES string of the molecule is C=CC(=O)NC1CCCCC1NC(=O)c1sc2nccc3c2c1NC(=O)N3c1ccc(Oc2ccccc2)cc1. The van der Waals surface area contributed by atoms with Gasteiger partial charge in [0.25, 0.3) is 5.91 Å². The van der Waals surface area contributed by atoms with Crippen molar-refractivity contribution in [3.05, 3.63) is 84.4 Å². The van der Waals surface area contributed by atoms with E-state index in [0.29, 0.717) is 37.9 Å². The number of urea groups is 1. The molecule has 2 unspecified atom stereocenters. The number of para-hydroxylation sites is 1. The van der Waals surface area contributed by atoms with Gasteiger partial charge in [-0.2, -0.15) is 0 Å². The molecule has 1 fully saturated rings. The maximum absolute atomic E-state index is 13.5. The van der Waals surface area contributed by atoms with Crippen LogP contribution in [-0.2, 0) is 4.79 Å². The standard InChI is InChI=1S/C30H27N5O4S/c1-2-24(36)32-21-10-6-7-11-22(21)33-28(37)27-26-25-23(16-17-31-29(25)40-27)35(30(38)34-26)18-12-14-20(15-13-18)39-19-8-4-3-5-9-19/h2-5,8-9,12-17,21-22H,1,6-7,10-11H2,(H,32,36)(H,33,37)(H,34,38). The molecule has 0 radical (unpaired) electrons. The van der Waals surface area contributed by atoms with Crippen molar-refractivity contribution in [1.82, 2.24) is 15.6 Å². The third kappa shape index (κ3) is 4.89. The van der Waals surface area contributed by atoms with Crippen LogP contribution in [0.1, 0.15) is 35.4 Å². The van der Waals surface area contributed by atoms with E-state index in [4.69, 9.17) is 4.74 Å². The molecular weight excluding hydrogens is 526 g/mol. The highest BCUT2D eigenvalue weighted by Gasteiger charge is 2.34. The summed E-state index contributed by atoms with van der Waals surface area (Å²) in [6.07, 6.45) is 6.33. The van der Waals surface area contributed by atoms with Crippen LogP contribution in [0.25, 0.3) is 10.2 Å². The van der Waals surface area contributed by atoms with Crippen LogP contribution in [-0.4, -0.2) is 34.9 Å². The largest absolute Gasteiger partial charge is 0.457 e. The molecule has 1 saturated carbocycles. The summed E-state index contributed by atoms with van der Waals surface area (Å²) in [5.74, 6) is 0.805. The molecule has 2 aromatic carbocycles. The summed E-state index contributed by atoms with van der Waals surface area (Å²) in [5, 5.41) is 9.67. The number of carbonyl (C=O) groups is 3. The highest BCUT2D eigenvalue weighted by molar-refractivity contribution is 7.21. The number of thiophene rings is 1. The molecule has 0 bridgehead atoms. The summed E-state index contributed by atoms with van der Waals surface area (Å²) >= 11 is 1.23. The first-order valence-corrected chi connectivity index (χ1v) is 13.9. The van der Waals surface area contributed by atoms with E-state index in [-0.39, 0.29) is 29.9 Å². The van der Waals surface area contributed by atoms with Gasteiger partial charge in [-0.25, -0.2) is 9.78 Å². The van der Waals surface area contributed by atoms with E-state index < -0.39 is 0 Å². The molecule has 4 aromatic rings. The molecule has 2 aliphatic rings. The summed E-state index contributed by atoms with van der Waals surface area (Å²) in [6.45, 7) is 3.52. The molecule has 0 spiro atoms. The third-order valence-corrected chi connectivity index (χ3v) is 8.22. The number of nitrogens with one attached hydrogen (secondary N) is 3. The van der Waals surface area contributed by atoms with Gasteiger partial charge in [0.05, 0.1) is 22.4 Å². The highest BCUT2D eigenvalue weighted by Crippen LogP contribution is 2.46. The average Bonchev–Trinajstić information content (AvgIpc) is 3.35. The van der Waals surface area contributed by atoms with Crippen molar-refractivity contribution >= 4 is 56.5 Å². The number of rotatable bonds is 7. The Hall–Kier alpha value is -4.70. The fourth-order valence-corrected chi connectivity index (χ4v) is 6.26. The fourth-order valence-electron chi connectivity index (χ4n) is 5.24. The van der Waals surface area contributed by atoms with Gasteiger partial charge in [-0.15, -0.1) is 11.3 Å². The van der Waals surface area contributed by atoms with Gasteiger partial charge < -0.3 is 20.7 Å². The van der Waals surface area contributed by atoms with Crippen LogP contribution in [0.15, 0.2) is 79.5 Å². The van der Waals surface area contributed by atoms with Crippen molar-refractivity contribution in [3.63, 3.8) is 0 Å². The monoisotopic (exact) mass is 553 g/mol. The molecule has 6 rings (SSSR count). The first-order valence-electron chi connectivity index (χ1n) is 13.1. The van der Waals surface area contributed by atoms with Gasteiger partial charge in [0, 0.05) is 18.3 Å². The van der Waals surface area contributed by atoms with Crippen LogP contribution in [0.4, 0.5) is 21.9 Å². The number of ether oxygens (including phenoxy) is 1. The van der Waals surface area contributed by atoms with E-state index in [1.165, 1.54) is 17.4 Å². The lowest BCUT2D eigenvalue weighted by atomic mass is 9.90. The maximum Gasteiger partial charge on any atom is 0.331 e. The van der Waals surface area contributed by atoms with Gasteiger partial charge in [-0.1, -0.05) is 37.6 Å². The van der Waals surface area contributed by atoms with Gasteiger partial charge in [0.1, 0.15) is 21.2 Å². The van der Waals surface area contributed by atoms with Gasteiger partial charge >= 0.3 is 6.03 Å². The number of pyridine rings is 1. The van der Waals surface area contributed by atoms with Crippen LogP contribution in [0.3, 0.4) is 0 Å². The molecule has 10 heteroatoms. The lowest BCUT2D eigenvalue weighted by molar-refractivity contribution is -0.117. The molecule has 2 atom stereocenters. The molecule has 9 nitrogen and oxygen atoms in total. The topological polar surface area (TPSA) is 113 Å². The Labute approximate surface area is 234 Å². The van der Waals surface area contributed by atoms with Crippen molar-refractivity contribution < 1.29 is 19.1 Å². The minimum Gasteiger partial charge on any atom is -0.457 e. The Morgan fingerprint density at radius 2 is 1.70 bits per heavy atom. The zero-order chi connectivity index (χ0) is 27.6. The quantitative estimate of drug-likeness (QED) is 0.239. The normalized spacial score (nSPS) is 18.1. The number of benzene rings is 2. The summed E-state index contributed by atoms with van der Waals surface area (Å²) < 4.78 is 5.89. The van der Waals surface area contributed by atoms with Crippen molar-refractivity contribution in [3.8, 4) is 11.5 Å². The molecule has 4 amide bonds. The van der Waals surface area contributed by atoms with E-state index in [1.807, 2.05) is 54.6 Å².